The molecule has 0 saturated heterocycles. The van der Waals surface area contributed by atoms with E-state index in [1.165, 1.54) is 38.5 Å². The fourth-order valence-electron chi connectivity index (χ4n) is 4.23. The van der Waals surface area contributed by atoms with Gasteiger partial charge >= 0.3 is 0 Å². The second kappa shape index (κ2) is 5.03. The molecule has 2 fully saturated rings. The van der Waals surface area contributed by atoms with Crippen LogP contribution in [0.1, 0.15) is 62.8 Å². The molecule has 20 heavy (non-hydrogen) atoms. The Bertz CT molecular complexity index is 493. The largest absolute Gasteiger partial charge is 0.389 e. The molecule has 0 aromatic carbocycles. The van der Waals surface area contributed by atoms with Gasteiger partial charge in [-0.15, -0.1) is 0 Å². The first-order chi connectivity index (χ1) is 9.43. The minimum Gasteiger partial charge on any atom is -0.389 e. The average molecular weight is 297 g/mol. The number of hydrogen-bond donors (Lipinski definition) is 1. The summed E-state index contributed by atoms with van der Waals surface area (Å²) in [6, 6.07) is 0. The highest BCUT2D eigenvalue weighted by Crippen LogP contribution is 2.51. The zero-order chi connectivity index (χ0) is 14.4. The molecule has 2 aliphatic rings. The monoisotopic (exact) mass is 296 g/mol. The lowest BCUT2D eigenvalue weighted by molar-refractivity contribution is -0.0333. The summed E-state index contributed by atoms with van der Waals surface area (Å²) >= 11 is 6.32. The topological polar surface area (TPSA) is 38.0 Å². The molecule has 4 heteroatoms. The Kier molecular flexibility index (Phi) is 3.62. The second-order valence-corrected chi connectivity index (χ2v) is 7.46. The molecule has 0 unspecified atom stereocenters. The highest BCUT2D eigenvalue weighted by atomic mass is 35.5. The van der Waals surface area contributed by atoms with E-state index in [1.807, 2.05) is 18.7 Å². The lowest BCUT2D eigenvalue weighted by atomic mass is 9.66. The van der Waals surface area contributed by atoms with Gasteiger partial charge in [-0.1, -0.05) is 24.4 Å². The van der Waals surface area contributed by atoms with Gasteiger partial charge in [-0.2, -0.15) is 5.10 Å². The third kappa shape index (κ3) is 2.50. The van der Waals surface area contributed by atoms with Crippen LogP contribution in [-0.2, 0) is 13.5 Å². The van der Waals surface area contributed by atoms with E-state index in [2.05, 4.69) is 5.10 Å². The Balaban J connectivity index is 1.71. The van der Waals surface area contributed by atoms with Crippen LogP contribution in [0.25, 0.3) is 0 Å². The molecule has 1 spiro atoms. The number of aromatic nitrogens is 2. The van der Waals surface area contributed by atoms with Crippen LogP contribution in [0, 0.1) is 12.3 Å². The molecule has 0 atom stereocenters. The van der Waals surface area contributed by atoms with E-state index >= 15 is 0 Å². The van der Waals surface area contributed by atoms with Crippen molar-refractivity contribution in [1.29, 1.82) is 0 Å². The van der Waals surface area contributed by atoms with Gasteiger partial charge in [-0.3, -0.25) is 4.68 Å². The van der Waals surface area contributed by atoms with Crippen LogP contribution in [0.5, 0.6) is 0 Å². The van der Waals surface area contributed by atoms with Crippen LogP contribution in [-0.4, -0.2) is 20.5 Å². The van der Waals surface area contributed by atoms with Gasteiger partial charge in [0, 0.05) is 13.5 Å². The summed E-state index contributed by atoms with van der Waals surface area (Å²) in [4.78, 5) is 0. The van der Waals surface area contributed by atoms with Gasteiger partial charge in [0.25, 0.3) is 0 Å². The van der Waals surface area contributed by atoms with Crippen molar-refractivity contribution in [3.8, 4) is 0 Å². The number of hydrogen-bond acceptors (Lipinski definition) is 2. The van der Waals surface area contributed by atoms with Crippen LogP contribution in [0.3, 0.4) is 0 Å². The summed E-state index contributed by atoms with van der Waals surface area (Å²) in [6.45, 7) is 1.92. The minimum atomic E-state index is -0.586. The van der Waals surface area contributed by atoms with Crippen LogP contribution in [0.15, 0.2) is 0 Å². The summed E-state index contributed by atoms with van der Waals surface area (Å²) in [6.07, 6.45) is 10.3. The SMILES string of the molecule is Cc1nn(C)c(CC2(O)CCC3(CCCC3)CC2)c1Cl. The van der Waals surface area contributed by atoms with Crippen LogP contribution in [0.4, 0.5) is 0 Å². The highest BCUT2D eigenvalue weighted by Gasteiger charge is 2.43. The predicted molar refractivity (Wildman–Crippen MR) is 81.0 cm³/mol. The summed E-state index contributed by atoms with van der Waals surface area (Å²) in [7, 11) is 1.92. The first-order valence-corrected chi connectivity index (χ1v) is 8.21. The molecular weight excluding hydrogens is 272 g/mol. The molecule has 1 heterocycles. The molecule has 112 valence electrons. The zero-order valence-corrected chi connectivity index (χ0v) is 13.3. The summed E-state index contributed by atoms with van der Waals surface area (Å²) in [5.41, 5.74) is 1.81. The van der Waals surface area contributed by atoms with Crippen molar-refractivity contribution in [3.63, 3.8) is 0 Å². The van der Waals surface area contributed by atoms with Gasteiger partial charge in [-0.25, -0.2) is 0 Å². The zero-order valence-electron chi connectivity index (χ0n) is 12.6. The fraction of sp³-hybridized carbons (Fsp3) is 0.812. The van der Waals surface area contributed by atoms with Gasteiger partial charge in [0.15, 0.2) is 0 Å². The van der Waals surface area contributed by atoms with E-state index in [1.54, 1.807) is 0 Å². The van der Waals surface area contributed by atoms with E-state index < -0.39 is 5.60 Å². The Morgan fingerprint density at radius 1 is 1.15 bits per heavy atom. The normalized spacial score (nSPS) is 24.4. The first kappa shape index (κ1) is 14.4. The molecule has 2 aliphatic carbocycles. The standard InChI is InChI=1S/C16H25ClN2O/c1-12-14(17)13(19(2)18-12)11-16(20)9-7-15(8-10-16)5-3-4-6-15/h20H,3-11H2,1-2H3. The molecule has 1 aromatic heterocycles. The second-order valence-electron chi connectivity index (χ2n) is 7.08. The molecule has 0 bridgehead atoms. The van der Waals surface area contributed by atoms with Gasteiger partial charge in [0.2, 0.25) is 0 Å². The van der Waals surface area contributed by atoms with Gasteiger partial charge in [-0.05, 0) is 50.9 Å². The van der Waals surface area contributed by atoms with Crippen molar-refractivity contribution in [1.82, 2.24) is 9.78 Å². The van der Waals surface area contributed by atoms with Gasteiger partial charge in [0.1, 0.15) is 0 Å². The average Bonchev–Trinajstić information content (AvgIpc) is 2.96. The van der Waals surface area contributed by atoms with Crippen molar-refractivity contribution < 1.29 is 5.11 Å². The maximum Gasteiger partial charge on any atom is 0.0848 e. The van der Waals surface area contributed by atoms with Crippen molar-refractivity contribution in [2.24, 2.45) is 12.5 Å². The quantitative estimate of drug-likeness (QED) is 0.901. The maximum absolute atomic E-state index is 10.9. The van der Waals surface area contributed by atoms with Crippen LogP contribution >= 0.6 is 11.6 Å². The van der Waals surface area contributed by atoms with Gasteiger partial charge < -0.3 is 5.11 Å². The Morgan fingerprint density at radius 2 is 1.75 bits per heavy atom. The van der Waals surface area contributed by atoms with E-state index in [0.717, 1.165) is 29.3 Å². The van der Waals surface area contributed by atoms with E-state index in [-0.39, 0.29) is 0 Å². The van der Waals surface area contributed by atoms with Crippen molar-refractivity contribution in [3.05, 3.63) is 16.4 Å². The molecule has 3 rings (SSSR count). The Labute approximate surface area is 126 Å². The number of halogens is 1. The van der Waals surface area contributed by atoms with Crippen molar-refractivity contribution in [2.75, 3.05) is 0 Å². The van der Waals surface area contributed by atoms with Crippen LogP contribution in [0.2, 0.25) is 5.02 Å². The smallest absolute Gasteiger partial charge is 0.0848 e. The fourth-order valence-corrected chi connectivity index (χ4v) is 4.46. The van der Waals surface area contributed by atoms with E-state index in [0.29, 0.717) is 11.8 Å². The molecule has 0 amide bonds. The minimum absolute atomic E-state index is 0.554. The lowest BCUT2D eigenvalue weighted by Gasteiger charge is -2.42. The number of aryl methyl sites for hydroxylation is 2. The highest BCUT2D eigenvalue weighted by molar-refractivity contribution is 6.31. The summed E-state index contributed by atoms with van der Waals surface area (Å²) in [5, 5.41) is 16.0. The van der Waals surface area contributed by atoms with E-state index in [9.17, 15) is 5.11 Å². The molecule has 2 saturated carbocycles. The van der Waals surface area contributed by atoms with Gasteiger partial charge in [0.05, 0.1) is 22.0 Å². The third-order valence-electron chi connectivity index (χ3n) is 5.66. The molecule has 1 N–H and O–H groups in total. The maximum atomic E-state index is 10.9. The molecule has 0 radical (unpaired) electrons. The molecule has 0 aliphatic heterocycles. The molecule has 1 aromatic rings. The first-order valence-electron chi connectivity index (χ1n) is 7.84. The third-order valence-corrected chi connectivity index (χ3v) is 6.16. The Hall–Kier alpha value is -0.540. The number of rotatable bonds is 2. The Morgan fingerprint density at radius 3 is 2.25 bits per heavy atom. The van der Waals surface area contributed by atoms with Crippen molar-refractivity contribution >= 4 is 11.6 Å². The molecular formula is C16H25ClN2O. The summed E-state index contributed by atoms with van der Waals surface area (Å²) in [5.74, 6) is 0. The predicted octanol–water partition coefficient (Wildman–Crippen LogP) is 3.79. The lowest BCUT2D eigenvalue weighted by Crippen LogP contribution is -2.40. The number of nitrogens with zero attached hydrogens (tertiary/aromatic N) is 2. The number of aliphatic hydroxyl groups is 1. The van der Waals surface area contributed by atoms with E-state index in [4.69, 9.17) is 11.6 Å². The molecule has 3 nitrogen and oxygen atoms in total. The van der Waals surface area contributed by atoms with Crippen LogP contribution < -0.4 is 0 Å². The van der Waals surface area contributed by atoms with Crippen molar-refractivity contribution in [2.45, 2.75) is 70.3 Å². The summed E-state index contributed by atoms with van der Waals surface area (Å²) < 4.78 is 1.83.